The Labute approximate surface area is 176 Å². The zero-order valence-electron chi connectivity index (χ0n) is 18.5. The van der Waals surface area contributed by atoms with Gasteiger partial charge in [0.05, 0.1) is 0 Å². The Bertz CT molecular complexity index is 706. The molecule has 0 saturated heterocycles. The van der Waals surface area contributed by atoms with E-state index in [1.54, 1.807) is 6.92 Å². The predicted molar refractivity (Wildman–Crippen MR) is 122 cm³/mol. The van der Waals surface area contributed by atoms with E-state index in [2.05, 4.69) is 58.5 Å². The molecule has 2 heteroatoms. The van der Waals surface area contributed by atoms with Crippen LogP contribution in [-0.2, 0) is 4.79 Å². The van der Waals surface area contributed by atoms with Gasteiger partial charge in [-0.3, -0.25) is 4.79 Å². The van der Waals surface area contributed by atoms with Crippen molar-refractivity contribution in [1.82, 2.24) is 0 Å². The molecule has 4 rings (SSSR count). The molecule has 3 saturated carbocycles. The summed E-state index contributed by atoms with van der Waals surface area (Å²) in [4.78, 5) is 12.9. The van der Waals surface area contributed by atoms with Crippen LogP contribution < -0.4 is 0 Å². The first kappa shape index (κ1) is 21.7. The van der Waals surface area contributed by atoms with E-state index in [-0.39, 0.29) is 0 Å². The van der Waals surface area contributed by atoms with E-state index in [1.165, 1.54) is 29.7 Å². The molecule has 0 spiro atoms. The molecule has 1 aromatic carbocycles. The topological polar surface area (TPSA) is 17.1 Å². The molecular formula is C26H38OS. The van der Waals surface area contributed by atoms with Gasteiger partial charge in [0.15, 0.2) is 0 Å². The van der Waals surface area contributed by atoms with Crippen LogP contribution in [-0.4, -0.2) is 11.5 Å². The summed E-state index contributed by atoms with van der Waals surface area (Å²) in [6, 6.07) is 10.5. The van der Waals surface area contributed by atoms with Gasteiger partial charge in [-0.25, -0.2) is 0 Å². The highest BCUT2D eigenvalue weighted by atomic mass is 32.2. The van der Waals surface area contributed by atoms with Gasteiger partial charge in [-0.2, -0.15) is 0 Å². The minimum absolute atomic E-state index is 0.299. The molecule has 1 nitrogen and oxygen atoms in total. The van der Waals surface area contributed by atoms with Crippen LogP contribution in [0.1, 0.15) is 66.7 Å². The van der Waals surface area contributed by atoms with E-state index < -0.39 is 0 Å². The lowest BCUT2D eigenvalue weighted by Crippen LogP contribution is -2.16. The van der Waals surface area contributed by atoms with Gasteiger partial charge in [0.1, 0.15) is 5.78 Å². The number of fused-ring (bicyclic) bond motifs is 1. The van der Waals surface area contributed by atoms with E-state index in [9.17, 15) is 4.79 Å². The zero-order valence-corrected chi connectivity index (χ0v) is 19.3. The Hall–Kier alpha value is -1.02. The number of carbonyl (C=O) groups excluding carboxylic acids is 1. The van der Waals surface area contributed by atoms with Crippen molar-refractivity contribution in [3.8, 4) is 0 Å². The number of Topliss-reactive ketones (excluding diaryl/α,β-unsaturated/α-hetero) is 1. The van der Waals surface area contributed by atoms with Gasteiger partial charge < -0.3 is 0 Å². The summed E-state index contributed by atoms with van der Waals surface area (Å²) < 4.78 is 0. The third-order valence-corrected chi connectivity index (χ3v) is 9.02. The quantitative estimate of drug-likeness (QED) is 0.351. The van der Waals surface area contributed by atoms with Crippen LogP contribution in [0.4, 0.5) is 0 Å². The minimum atomic E-state index is 0.299. The monoisotopic (exact) mass is 398 g/mol. The summed E-state index contributed by atoms with van der Waals surface area (Å²) in [5, 5.41) is 0. The third kappa shape index (κ3) is 4.27. The number of thioether (sulfide) groups is 1. The number of rotatable bonds is 7. The highest BCUT2D eigenvalue weighted by Crippen LogP contribution is 2.69. The lowest BCUT2D eigenvalue weighted by Gasteiger charge is -2.21. The van der Waals surface area contributed by atoms with Crippen molar-refractivity contribution in [1.29, 1.82) is 0 Å². The van der Waals surface area contributed by atoms with Crippen molar-refractivity contribution in [2.24, 2.45) is 34.5 Å². The smallest absolute Gasteiger partial charge is 0.133 e. The number of carbonyl (C=O) groups is 1. The summed E-state index contributed by atoms with van der Waals surface area (Å²) in [6.45, 7) is 15.1. The van der Waals surface area contributed by atoms with Gasteiger partial charge in [-0.05, 0) is 85.5 Å². The van der Waals surface area contributed by atoms with Gasteiger partial charge in [-0.1, -0.05) is 58.0 Å². The maximum absolute atomic E-state index is 11.6. The third-order valence-electron chi connectivity index (χ3n) is 8.01. The Morgan fingerprint density at radius 2 is 1.82 bits per heavy atom. The maximum atomic E-state index is 11.6. The average molecular weight is 399 g/mol. The molecule has 154 valence electrons. The van der Waals surface area contributed by atoms with Crippen molar-refractivity contribution < 1.29 is 4.79 Å². The van der Waals surface area contributed by atoms with Crippen LogP contribution in [0.5, 0.6) is 0 Å². The molecule has 3 aliphatic carbocycles. The summed E-state index contributed by atoms with van der Waals surface area (Å²) in [5.74, 6) is 4.25. The second-order valence-electron chi connectivity index (χ2n) is 9.97. The van der Waals surface area contributed by atoms with E-state index in [0.29, 0.717) is 23.0 Å². The van der Waals surface area contributed by atoms with Crippen LogP contribution in [0.2, 0.25) is 0 Å². The van der Waals surface area contributed by atoms with Gasteiger partial charge >= 0.3 is 0 Å². The molecule has 0 radical (unpaired) electrons. The van der Waals surface area contributed by atoms with Gasteiger partial charge in [0.2, 0.25) is 0 Å². The highest BCUT2D eigenvalue weighted by molar-refractivity contribution is 7.99. The van der Waals surface area contributed by atoms with Crippen molar-refractivity contribution in [2.75, 3.05) is 5.75 Å². The Balaban J connectivity index is 0.000000188. The SMILES string of the molecule is C=C1CC[C@@]2(C(C)C)C[C@@H]12.CC(=O)C1C[C@@]1(CCSc1ccccc1)C(C)C. The predicted octanol–water partition coefficient (Wildman–Crippen LogP) is 7.42. The molecule has 0 aromatic heterocycles. The summed E-state index contributed by atoms with van der Waals surface area (Å²) >= 11 is 1.91. The van der Waals surface area contributed by atoms with Crippen molar-refractivity contribution in [2.45, 2.75) is 71.6 Å². The normalized spacial score (nSPS) is 32.8. The van der Waals surface area contributed by atoms with Gasteiger partial charge in [0.25, 0.3) is 0 Å². The molecule has 3 fully saturated rings. The van der Waals surface area contributed by atoms with Crippen LogP contribution in [0.15, 0.2) is 47.4 Å². The molecule has 1 aromatic rings. The Kier molecular flexibility index (Phi) is 6.49. The fourth-order valence-electron chi connectivity index (χ4n) is 5.59. The summed E-state index contributed by atoms with van der Waals surface area (Å²) in [5.41, 5.74) is 2.57. The average Bonchev–Trinajstić information content (AvgIpc) is 3.54. The molecule has 0 aliphatic heterocycles. The van der Waals surface area contributed by atoms with Crippen molar-refractivity contribution in [3.05, 3.63) is 42.5 Å². The van der Waals surface area contributed by atoms with Crippen molar-refractivity contribution in [3.63, 3.8) is 0 Å². The standard InChI is InChI=1S/C16H22OS.C10H16/c1-12(2)16(11-15(16)13(3)17)9-10-18-14-7-5-4-6-8-14;1-7(2)10-5-4-8(3)9(10)6-10/h4-8,12,15H,9-11H2,1-3H3;7,9H,3-6H2,1-2H3/t15?,16-;9-,10-/m00/s1. The fourth-order valence-corrected chi connectivity index (χ4v) is 6.66. The van der Waals surface area contributed by atoms with E-state index >= 15 is 0 Å². The molecule has 0 bridgehead atoms. The zero-order chi connectivity index (χ0) is 20.5. The molecule has 0 amide bonds. The molecule has 3 aliphatic rings. The van der Waals surface area contributed by atoms with Crippen LogP contribution in [0.3, 0.4) is 0 Å². The van der Waals surface area contributed by atoms with Gasteiger partial charge in [-0.15, -0.1) is 11.8 Å². The molecule has 1 unspecified atom stereocenters. The number of allylic oxidation sites excluding steroid dienone is 1. The first-order chi connectivity index (χ1) is 13.2. The second-order valence-corrected chi connectivity index (χ2v) is 11.1. The first-order valence-electron chi connectivity index (χ1n) is 11.1. The number of benzene rings is 1. The molecule has 4 atom stereocenters. The number of ketones is 1. The Morgan fingerprint density at radius 3 is 2.21 bits per heavy atom. The summed E-state index contributed by atoms with van der Waals surface area (Å²) in [6.07, 6.45) is 6.45. The Morgan fingerprint density at radius 1 is 1.14 bits per heavy atom. The van der Waals surface area contributed by atoms with E-state index in [0.717, 1.165) is 35.8 Å². The van der Waals surface area contributed by atoms with Crippen molar-refractivity contribution >= 4 is 17.5 Å². The maximum Gasteiger partial charge on any atom is 0.133 e. The minimum Gasteiger partial charge on any atom is -0.300 e. The van der Waals surface area contributed by atoms with Crippen LogP contribution in [0, 0.1) is 34.5 Å². The fraction of sp³-hybridized carbons (Fsp3) is 0.654. The molecular weight excluding hydrogens is 360 g/mol. The van der Waals surface area contributed by atoms with Crippen LogP contribution >= 0.6 is 11.8 Å². The highest BCUT2D eigenvalue weighted by Gasteiger charge is 2.60. The second kappa shape index (κ2) is 8.38. The first-order valence-corrected chi connectivity index (χ1v) is 12.1. The number of hydrogen-bond donors (Lipinski definition) is 0. The molecule has 0 N–H and O–H groups in total. The van der Waals surface area contributed by atoms with Gasteiger partial charge in [0, 0.05) is 10.8 Å². The number of hydrogen-bond acceptors (Lipinski definition) is 2. The van der Waals surface area contributed by atoms with E-state index in [1.807, 2.05) is 17.8 Å². The van der Waals surface area contributed by atoms with E-state index in [4.69, 9.17) is 0 Å². The lowest BCUT2D eigenvalue weighted by atomic mass is 9.86. The molecule has 0 heterocycles. The molecule has 28 heavy (non-hydrogen) atoms. The largest absolute Gasteiger partial charge is 0.300 e. The summed E-state index contributed by atoms with van der Waals surface area (Å²) in [7, 11) is 0. The van der Waals surface area contributed by atoms with Crippen LogP contribution in [0.25, 0.3) is 0 Å². The lowest BCUT2D eigenvalue weighted by molar-refractivity contribution is -0.119.